The molecule has 0 aliphatic heterocycles. The Bertz CT molecular complexity index is 702. The average Bonchev–Trinajstić information content (AvgIpc) is 2.38. The lowest BCUT2D eigenvalue weighted by Gasteiger charge is -2.04. The maximum atomic E-state index is 11.3. The molecular weight excluding hydrogens is 252 g/mol. The SMILES string of the molecule is O=C(O)c1ccc(CNc2n[nH]c(=O)[nH]c2=O)cc1. The third-order valence-corrected chi connectivity index (χ3v) is 2.37. The molecule has 2 aromatic rings. The highest BCUT2D eigenvalue weighted by Crippen LogP contribution is 2.05. The topological polar surface area (TPSA) is 128 Å². The van der Waals surface area contributed by atoms with E-state index in [4.69, 9.17) is 5.11 Å². The van der Waals surface area contributed by atoms with Gasteiger partial charge in [-0.3, -0.25) is 9.78 Å². The Hall–Kier alpha value is -2.90. The normalized spacial score (nSPS) is 10.1. The van der Waals surface area contributed by atoms with Crippen LogP contribution in [-0.4, -0.2) is 26.3 Å². The minimum absolute atomic E-state index is 0.0121. The molecule has 19 heavy (non-hydrogen) atoms. The molecule has 0 spiro atoms. The van der Waals surface area contributed by atoms with E-state index >= 15 is 0 Å². The number of aromatic amines is 2. The standard InChI is InChI=1S/C11H10N4O4/c16-9-8(14-15-11(19)13-9)12-5-6-1-3-7(4-2-6)10(17)18/h1-4H,5H2,(H,12,14)(H,17,18)(H2,13,15,16,19). The van der Waals surface area contributed by atoms with E-state index in [-0.39, 0.29) is 17.9 Å². The van der Waals surface area contributed by atoms with Gasteiger partial charge in [0.05, 0.1) is 5.56 Å². The maximum Gasteiger partial charge on any atom is 0.342 e. The first-order valence-corrected chi connectivity index (χ1v) is 5.31. The summed E-state index contributed by atoms with van der Waals surface area (Å²) < 4.78 is 0. The Morgan fingerprint density at radius 2 is 1.95 bits per heavy atom. The van der Waals surface area contributed by atoms with Crippen LogP contribution in [0.25, 0.3) is 0 Å². The van der Waals surface area contributed by atoms with Crippen LogP contribution in [0.15, 0.2) is 33.9 Å². The monoisotopic (exact) mass is 262 g/mol. The van der Waals surface area contributed by atoms with Gasteiger partial charge in [0.25, 0.3) is 5.56 Å². The molecule has 8 nitrogen and oxygen atoms in total. The summed E-state index contributed by atoms with van der Waals surface area (Å²) in [6, 6.07) is 6.17. The van der Waals surface area contributed by atoms with E-state index < -0.39 is 17.2 Å². The number of carbonyl (C=O) groups is 1. The van der Waals surface area contributed by atoms with E-state index in [1.807, 2.05) is 4.98 Å². The Labute approximate surface area is 106 Å². The summed E-state index contributed by atoms with van der Waals surface area (Å²) in [5, 5.41) is 17.1. The number of nitrogens with zero attached hydrogens (tertiary/aromatic N) is 1. The third-order valence-electron chi connectivity index (χ3n) is 2.37. The number of hydrogen-bond acceptors (Lipinski definition) is 5. The van der Waals surface area contributed by atoms with Gasteiger partial charge in [-0.05, 0) is 17.7 Å². The number of benzene rings is 1. The molecule has 4 N–H and O–H groups in total. The van der Waals surface area contributed by atoms with Crippen LogP contribution >= 0.6 is 0 Å². The lowest BCUT2D eigenvalue weighted by Crippen LogP contribution is -2.26. The van der Waals surface area contributed by atoms with Crippen LogP contribution in [0.1, 0.15) is 15.9 Å². The van der Waals surface area contributed by atoms with Gasteiger partial charge < -0.3 is 10.4 Å². The summed E-state index contributed by atoms with van der Waals surface area (Å²) in [5.74, 6) is -1.01. The average molecular weight is 262 g/mol. The molecule has 1 aromatic heterocycles. The predicted octanol–water partition coefficient (Wildman–Crippen LogP) is -0.232. The number of aromatic carboxylic acids is 1. The zero-order valence-electron chi connectivity index (χ0n) is 9.64. The van der Waals surface area contributed by atoms with Gasteiger partial charge in [-0.25, -0.2) is 14.7 Å². The molecule has 8 heteroatoms. The van der Waals surface area contributed by atoms with Crippen LogP contribution in [0, 0.1) is 0 Å². The fourth-order valence-corrected chi connectivity index (χ4v) is 1.42. The van der Waals surface area contributed by atoms with Crippen LogP contribution in [0.4, 0.5) is 5.82 Å². The van der Waals surface area contributed by atoms with Crippen LogP contribution in [0.2, 0.25) is 0 Å². The zero-order chi connectivity index (χ0) is 13.8. The van der Waals surface area contributed by atoms with Gasteiger partial charge in [0, 0.05) is 6.54 Å². The fourth-order valence-electron chi connectivity index (χ4n) is 1.42. The lowest BCUT2D eigenvalue weighted by molar-refractivity contribution is 0.0697. The van der Waals surface area contributed by atoms with E-state index in [1.54, 1.807) is 12.1 Å². The van der Waals surface area contributed by atoms with E-state index in [9.17, 15) is 14.4 Å². The van der Waals surface area contributed by atoms with Crippen LogP contribution in [0.5, 0.6) is 0 Å². The number of hydrogen-bond donors (Lipinski definition) is 4. The Kier molecular flexibility index (Phi) is 3.42. The van der Waals surface area contributed by atoms with Gasteiger partial charge in [0.15, 0.2) is 0 Å². The minimum atomic E-state index is -1.00. The summed E-state index contributed by atoms with van der Waals surface area (Å²) in [6.07, 6.45) is 0. The number of nitrogens with one attached hydrogen (secondary N) is 3. The number of aromatic nitrogens is 3. The van der Waals surface area contributed by atoms with Crippen molar-refractivity contribution in [3.63, 3.8) is 0 Å². The second kappa shape index (κ2) is 5.17. The van der Waals surface area contributed by atoms with Gasteiger partial charge >= 0.3 is 11.7 Å². The molecule has 0 fully saturated rings. The first-order chi connectivity index (χ1) is 9.06. The fraction of sp³-hybridized carbons (Fsp3) is 0.0909. The molecule has 1 heterocycles. The van der Waals surface area contributed by atoms with Crippen molar-refractivity contribution in [3.05, 3.63) is 56.2 Å². The van der Waals surface area contributed by atoms with Crippen molar-refractivity contribution in [2.24, 2.45) is 0 Å². The first-order valence-electron chi connectivity index (χ1n) is 5.31. The zero-order valence-corrected chi connectivity index (χ0v) is 9.64. The van der Waals surface area contributed by atoms with Crippen molar-refractivity contribution in [1.82, 2.24) is 15.2 Å². The van der Waals surface area contributed by atoms with Gasteiger partial charge in [-0.2, -0.15) is 0 Å². The Balaban J connectivity index is 2.08. The number of carboxylic acids is 1. The largest absolute Gasteiger partial charge is 0.478 e. The number of rotatable bonds is 4. The third kappa shape index (κ3) is 3.06. The Morgan fingerprint density at radius 3 is 2.53 bits per heavy atom. The van der Waals surface area contributed by atoms with Crippen molar-refractivity contribution in [3.8, 4) is 0 Å². The van der Waals surface area contributed by atoms with Crippen LogP contribution < -0.4 is 16.6 Å². The van der Waals surface area contributed by atoms with Gasteiger partial charge in [0.1, 0.15) is 0 Å². The number of anilines is 1. The predicted molar refractivity (Wildman–Crippen MR) is 66.2 cm³/mol. The quantitative estimate of drug-likeness (QED) is 0.602. The molecule has 1 aromatic carbocycles. The molecule has 98 valence electrons. The van der Waals surface area contributed by atoms with Gasteiger partial charge in [-0.15, -0.1) is 5.10 Å². The van der Waals surface area contributed by atoms with Crippen molar-refractivity contribution in [1.29, 1.82) is 0 Å². The van der Waals surface area contributed by atoms with E-state index in [0.717, 1.165) is 5.56 Å². The summed E-state index contributed by atoms with van der Waals surface area (Å²) in [5.41, 5.74) is -0.339. The molecule has 0 unspecified atom stereocenters. The Morgan fingerprint density at radius 1 is 1.26 bits per heavy atom. The smallest absolute Gasteiger partial charge is 0.342 e. The summed E-state index contributed by atoms with van der Waals surface area (Å²) in [6.45, 7) is 0.280. The molecule has 0 saturated heterocycles. The lowest BCUT2D eigenvalue weighted by atomic mass is 10.1. The summed E-state index contributed by atoms with van der Waals surface area (Å²) in [7, 11) is 0. The highest BCUT2D eigenvalue weighted by atomic mass is 16.4. The molecular formula is C11H10N4O4. The van der Waals surface area contributed by atoms with Gasteiger partial charge in [-0.1, -0.05) is 12.1 Å². The van der Waals surface area contributed by atoms with Crippen molar-refractivity contribution in [2.75, 3.05) is 5.32 Å². The molecule has 0 atom stereocenters. The highest BCUT2D eigenvalue weighted by molar-refractivity contribution is 5.87. The van der Waals surface area contributed by atoms with Crippen LogP contribution in [0.3, 0.4) is 0 Å². The van der Waals surface area contributed by atoms with Crippen LogP contribution in [-0.2, 0) is 6.54 Å². The minimum Gasteiger partial charge on any atom is -0.478 e. The van der Waals surface area contributed by atoms with E-state index in [2.05, 4.69) is 15.5 Å². The van der Waals surface area contributed by atoms with Crippen molar-refractivity contribution < 1.29 is 9.90 Å². The first kappa shape index (κ1) is 12.6. The second-order valence-corrected chi connectivity index (χ2v) is 3.71. The molecule has 0 radical (unpaired) electrons. The molecule has 0 aliphatic carbocycles. The molecule has 2 rings (SSSR count). The number of carboxylic acid groups (broad SMARTS) is 1. The molecule has 0 aliphatic rings. The van der Waals surface area contributed by atoms with E-state index in [0.29, 0.717) is 0 Å². The summed E-state index contributed by atoms with van der Waals surface area (Å²) in [4.78, 5) is 34.8. The van der Waals surface area contributed by atoms with Gasteiger partial charge in [0.2, 0.25) is 5.82 Å². The maximum absolute atomic E-state index is 11.3. The van der Waals surface area contributed by atoms with Crippen molar-refractivity contribution in [2.45, 2.75) is 6.54 Å². The second-order valence-electron chi connectivity index (χ2n) is 3.71. The molecule has 0 saturated carbocycles. The van der Waals surface area contributed by atoms with Crippen molar-refractivity contribution >= 4 is 11.8 Å². The highest BCUT2D eigenvalue weighted by Gasteiger charge is 2.03. The van der Waals surface area contributed by atoms with E-state index in [1.165, 1.54) is 12.1 Å². The molecule has 0 amide bonds. The summed E-state index contributed by atoms with van der Waals surface area (Å²) >= 11 is 0. The molecule has 0 bridgehead atoms. The number of H-pyrrole nitrogens is 2.